The number of aromatic nitrogens is 2. The Bertz CT molecular complexity index is 162. The first-order valence-corrected chi connectivity index (χ1v) is 4.74. The molecular formula is C10H18N2O2. The van der Waals surface area contributed by atoms with Gasteiger partial charge >= 0.3 is 0 Å². The average molecular weight is 198 g/mol. The highest BCUT2D eigenvalue weighted by Crippen LogP contribution is 1.90. The third kappa shape index (κ3) is 9.09. The molecule has 1 aromatic rings. The molecule has 1 aromatic heterocycles. The lowest BCUT2D eigenvalue weighted by molar-refractivity contribution is -0.123. The van der Waals surface area contributed by atoms with E-state index in [0.29, 0.717) is 0 Å². The van der Waals surface area contributed by atoms with E-state index in [9.17, 15) is 0 Å². The van der Waals surface area contributed by atoms with Crippen molar-refractivity contribution in [2.24, 2.45) is 0 Å². The number of ether oxygens (including phenoxy) is 2. The molecule has 0 unspecified atom stereocenters. The van der Waals surface area contributed by atoms with Gasteiger partial charge in [0.2, 0.25) is 0 Å². The second-order valence-corrected chi connectivity index (χ2v) is 2.38. The van der Waals surface area contributed by atoms with Gasteiger partial charge in [0, 0.05) is 25.6 Å². The first-order chi connectivity index (χ1) is 6.81. The normalized spacial score (nSPS) is 9.43. The third-order valence-corrected chi connectivity index (χ3v) is 1.28. The first-order valence-electron chi connectivity index (χ1n) is 4.74. The maximum Gasteiger partial charge on any atom is 0.154 e. The van der Waals surface area contributed by atoms with Gasteiger partial charge in [0.25, 0.3) is 0 Å². The Morgan fingerprint density at radius 3 is 1.79 bits per heavy atom. The van der Waals surface area contributed by atoms with Gasteiger partial charge in [0.05, 0.1) is 0 Å². The number of hydrogen-bond acceptors (Lipinski definition) is 4. The maximum atomic E-state index is 5.06. The van der Waals surface area contributed by atoms with Gasteiger partial charge in [-0.3, -0.25) is 0 Å². The van der Waals surface area contributed by atoms with Crippen molar-refractivity contribution in [1.82, 2.24) is 9.97 Å². The van der Waals surface area contributed by atoms with Crippen LogP contribution in [0.5, 0.6) is 0 Å². The van der Waals surface area contributed by atoms with Crippen LogP contribution >= 0.6 is 0 Å². The predicted molar refractivity (Wildman–Crippen MR) is 54.7 cm³/mol. The summed E-state index contributed by atoms with van der Waals surface area (Å²) in [5.41, 5.74) is 0. The van der Waals surface area contributed by atoms with Crippen LogP contribution in [0.25, 0.3) is 0 Å². The van der Waals surface area contributed by atoms with Gasteiger partial charge in [-0.1, -0.05) is 0 Å². The highest BCUT2D eigenvalue weighted by atomic mass is 16.7. The lowest BCUT2D eigenvalue weighted by Gasteiger charge is -2.09. The van der Waals surface area contributed by atoms with Crippen molar-refractivity contribution < 1.29 is 9.47 Å². The van der Waals surface area contributed by atoms with Crippen molar-refractivity contribution in [3.8, 4) is 0 Å². The van der Waals surface area contributed by atoms with Crippen LogP contribution in [-0.4, -0.2) is 29.5 Å². The SMILES string of the molecule is CCOC(C)OCC.c1cncnc1. The number of rotatable bonds is 4. The van der Waals surface area contributed by atoms with Crippen LogP contribution in [0.2, 0.25) is 0 Å². The largest absolute Gasteiger partial charge is 0.353 e. The summed E-state index contributed by atoms with van der Waals surface area (Å²) in [6, 6.07) is 1.78. The second kappa shape index (κ2) is 10.1. The topological polar surface area (TPSA) is 44.2 Å². The smallest absolute Gasteiger partial charge is 0.154 e. The number of hydrogen-bond donors (Lipinski definition) is 0. The molecule has 14 heavy (non-hydrogen) atoms. The molecule has 0 amide bonds. The van der Waals surface area contributed by atoms with Crippen LogP contribution in [-0.2, 0) is 9.47 Å². The minimum absolute atomic E-state index is 0.0370. The van der Waals surface area contributed by atoms with Crippen LogP contribution in [0.3, 0.4) is 0 Å². The summed E-state index contributed by atoms with van der Waals surface area (Å²) in [4.78, 5) is 7.35. The van der Waals surface area contributed by atoms with Crippen LogP contribution in [0.1, 0.15) is 20.8 Å². The minimum atomic E-state index is -0.0370. The van der Waals surface area contributed by atoms with Gasteiger partial charge in [-0.05, 0) is 26.8 Å². The van der Waals surface area contributed by atoms with Gasteiger partial charge in [-0.25, -0.2) is 9.97 Å². The summed E-state index contributed by atoms with van der Waals surface area (Å²) in [5, 5.41) is 0. The van der Waals surface area contributed by atoms with E-state index >= 15 is 0 Å². The Kier molecular flexibility index (Phi) is 9.36. The lowest BCUT2D eigenvalue weighted by atomic mass is 10.7. The molecule has 0 saturated carbocycles. The van der Waals surface area contributed by atoms with Crippen LogP contribution in [0.4, 0.5) is 0 Å². The maximum absolute atomic E-state index is 5.06. The van der Waals surface area contributed by atoms with E-state index in [0.717, 1.165) is 13.2 Å². The van der Waals surface area contributed by atoms with E-state index in [1.165, 1.54) is 6.33 Å². The van der Waals surface area contributed by atoms with Gasteiger partial charge < -0.3 is 9.47 Å². The summed E-state index contributed by atoms with van der Waals surface area (Å²) >= 11 is 0. The Morgan fingerprint density at radius 1 is 1.07 bits per heavy atom. The molecule has 0 aliphatic carbocycles. The first kappa shape index (κ1) is 13.0. The van der Waals surface area contributed by atoms with Crippen LogP contribution in [0, 0.1) is 0 Å². The molecule has 0 N–H and O–H groups in total. The zero-order chi connectivity index (χ0) is 10.6. The van der Waals surface area contributed by atoms with E-state index < -0.39 is 0 Å². The van der Waals surface area contributed by atoms with E-state index in [1.54, 1.807) is 18.5 Å². The molecule has 0 bridgehead atoms. The summed E-state index contributed by atoms with van der Waals surface area (Å²) < 4.78 is 10.1. The summed E-state index contributed by atoms with van der Waals surface area (Å²) in [7, 11) is 0. The van der Waals surface area contributed by atoms with Crippen molar-refractivity contribution in [2.75, 3.05) is 13.2 Å². The van der Waals surface area contributed by atoms with Gasteiger partial charge in [0.1, 0.15) is 6.33 Å². The number of nitrogens with zero attached hydrogens (tertiary/aromatic N) is 2. The fourth-order valence-electron chi connectivity index (χ4n) is 0.771. The highest BCUT2D eigenvalue weighted by molar-refractivity contribution is 4.74. The predicted octanol–water partition coefficient (Wildman–Crippen LogP) is 1.88. The summed E-state index contributed by atoms with van der Waals surface area (Å²) in [6.07, 6.45) is 4.84. The van der Waals surface area contributed by atoms with Crippen molar-refractivity contribution in [1.29, 1.82) is 0 Å². The van der Waals surface area contributed by atoms with Gasteiger partial charge in [-0.15, -0.1) is 0 Å². The molecule has 1 heterocycles. The van der Waals surface area contributed by atoms with Crippen molar-refractivity contribution in [2.45, 2.75) is 27.1 Å². The van der Waals surface area contributed by atoms with E-state index in [4.69, 9.17) is 9.47 Å². The molecule has 0 aromatic carbocycles. The highest BCUT2D eigenvalue weighted by Gasteiger charge is 1.94. The zero-order valence-electron chi connectivity index (χ0n) is 9.01. The Balaban J connectivity index is 0.000000249. The Labute approximate surface area is 85.3 Å². The van der Waals surface area contributed by atoms with E-state index in [1.807, 2.05) is 20.8 Å². The fraction of sp³-hybridized carbons (Fsp3) is 0.600. The van der Waals surface area contributed by atoms with Crippen LogP contribution < -0.4 is 0 Å². The van der Waals surface area contributed by atoms with E-state index in [-0.39, 0.29) is 6.29 Å². The molecule has 80 valence electrons. The molecule has 4 heteroatoms. The molecule has 0 fully saturated rings. The molecule has 0 aliphatic rings. The molecule has 4 nitrogen and oxygen atoms in total. The van der Waals surface area contributed by atoms with Crippen molar-refractivity contribution >= 4 is 0 Å². The van der Waals surface area contributed by atoms with E-state index in [2.05, 4.69) is 9.97 Å². The van der Waals surface area contributed by atoms with Crippen LogP contribution in [0.15, 0.2) is 24.8 Å². The summed E-state index contributed by atoms with van der Waals surface area (Å²) in [6.45, 7) is 7.25. The Hall–Kier alpha value is -1.00. The van der Waals surface area contributed by atoms with Gasteiger partial charge in [-0.2, -0.15) is 0 Å². The van der Waals surface area contributed by atoms with Crippen molar-refractivity contribution in [3.63, 3.8) is 0 Å². The quantitative estimate of drug-likeness (QED) is 0.693. The third-order valence-electron chi connectivity index (χ3n) is 1.28. The molecule has 0 spiro atoms. The zero-order valence-corrected chi connectivity index (χ0v) is 9.01. The molecule has 1 rings (SSSR count). The summed E-state index contributed by atoms with van der Waals surface area (Å²) in [5.74, 6) is 0. The standard InChI is InChI=1S/C6H14O2.C4H4N2/c1-4-7-6(3)8-5-2;1-2-5-4-6-3-1/h6H,4-5H2,1-3H3;1-4H. The molecule has 0 radical (unpaired) electrons. The van der Waals surface area contributed by atoms with Gasteiger partial charge in [0.15, 0.2) is 6.29 Å². The lowest BCUT2D eigenvalue weighted by Crippen LogP contribution is -2.11. The molecule has 0 saturated heterocycles. The Morgan fingerprint density at radius 2 is 1.57 bits per heavy atom. The molecule has 0 aliphatic heterocycles. The fourth-order valence-corrected chi connectivity index (χ4v) is 0.771. The molecular weight excluding hydrogens is 180 g/mol. The molecule has 0 atom stereocenters. The second-order valence-electron chi connectivity index (χ2n) is 2.38. The minimum Gasteiger partial charge on any atom is -0.353 e. The monoisotopic (exact) mass is 198 g/mol. The van der Waals surface area contributed by atoms with Crippen molar-refractivity contribution in [3.05, 3.63) is 24.8 Å². The average Bonchev–Trinajstić information content (AvgIpc) is 2.22.